The molecule has 106 valence electrons. The summed E-state index contributed by atoms with van der Waals surface area (Å²) in [4.78, 5) is 5.54. The van der Waals surface area contributed by atoms with Crippen LogP contribution in [0.25, 0.3) is 0 Å². The van der Waals surface area contributed by atoms with Crippen LogP contribution < -0.4 is 11.1 Å². The molecule has 0 atom stereocenters. The van der Waals surface area contributed by atoms with Crippen molar-refractivity contribution in [1.82, 2.24) is 5.32 Å². The smallest absolute Gasteiger partial charge is 0.188 e. The Balaban J connectivity index is 1.66. The van der Waals surface area contributed by atoms with Gasteiger partial charge in [-0.1, -0.05) is 41.9 Å². The molecular formula is C15H18ClN3S. The predicted molar refractivity (Wildman–Crippen MR) is 87.7 cm³/mol. The standard InChI is InChI=1S/C15H18ClN3S/c16-14-7-6-13(20-14)9-11-19-15(17)18-10-8-12-4-2-1-3-5-12/h1-7H,8-11H2,(H3,17,18,19). The molecule has 5 heteroatoms. The molecule has 1 aromatic carbocycles. The molecule has 1 heterocycles. The van der Waals surface area contributed by atoms with Gasteiger partial charge in [-0.25, -0.2) is 0 Å². The number of aliphatic imine (C=N–C) groups is 1. The minimum atomic E-state index is 0.503. The Morgan fingerprint density at radius 3 is 2.65 bits per heavy atom. The summed E-state index contributed by atoms with van der Waals surface area (Å²) in [7, 11) is 0. The molecule has 3 N–H and O–H groups in total. The lowest BCUT2D eigenvalue weighted by Gasteiger charge is -2.05. The molecule has 2 rings (SSSR count). The monoisotopic (exact) mass is 307 g/mol. The third-order valence-electron chi connectivity index (χ3n) is 2.83. The van der Waals surface area contributed by atoms with Crippen molar-refractivity contribution in [2.45, 2.75) is 12.8 Å². The largest absolute Gasteiger partial charge is 0.370 e. The van der Waals surface area contributed by atoms with Crippen molar-refractivity contribution in [2.24, 2.45) is 10.7 Å². The van der Waals surface area contributed by atoms with Gasteiger partial charge in [0.05, 0.1) is 4.34 Å². The molecule has 0 spiro atoms. The zero-order valence-corrected chi connectivity index (χ0v) is 12.8. The van der Waals surface area contributed by atoms with Crippen molar-refractivity contribution >= 4 is 28.9 Å². The van der Waals surface area contributed by atoms with E-state index in [0.717, 1.165) is 23.7 Å². The molecule has 0 radical (unpaired) electrons. The van der Waals surface area contributed by atoms with Gasteiger partial charge in [-0.15, -0.1) is 11.3 Å². The Bertz CT molecular complexity index is 551. The third-order valence-corrected chi connectivity index (χ3v) is 4.12. The molecule has 3 nitrogen and oxygen atoms in total. The number of hydrogen-bond acceptors (Lipinski definition) is 2. The first-order valence-corrected chi connectivity index (χ1v) is 7.75. The fourth-order valence-electron chi connectivity index (χ4n) is 1.81. The van der Waals surface area contributed by atoms with Crippen LogP contribution in [0.1, 0.15) is 10.4 Å². The van der Waals surface area contributed by atoms with Crippen LogP contribution in [-0.4, -0.2) is 19.0 Å². The second-order valence-corrected chi connectivity index (χ2v) is 6.18. The Morgan fingerprint density at radius 1 is 1.15 bits per heavy atom. The number of halogens is 1. The summed E-state index contributed by atoms with van der Waals surface area (Å²) in [6.07, 6.45) is 1.82. The minimum Gasteiger partial charge on any atom is -0.370 e. The van der Waals surface area contributed by atoms with Gasteiger partial charge in [-0.2, -0.15) is 0 Å². The van der Waals surface area contributed by atoms with Gasteiger partial charge in [0.1, 0.15) is 0 Å². The molecule has 1 aromatic heterocycles. The summed E-state index contributed by atoms with van der Waals surface area (Å²) in [6, 6.07) is 14.3. The number of hydrogen-bond donors (Lipinski definition) is 2. The molecule has 0 saturated carbocycles. The lowest BCUT2D eigenvalue weighted by molar-refractivity contribution is 0.845. The maximum absolute atomic E-state index is 5.87. The van der Waals surface area contributed by atoms with Crippen LogP contribution in [0.4, 0.5) is 0 Å². The van der Waals surface area contributed by atoms with E-state index in [-0.39, 0.29) is 0 Å². The summed E-state index contributed by atoms with van der Waals surface area (Å²) in [5.74, 6) is 0.503. The van der Waals surface area contributed by atoms with E-state index in [9.17, 15) is 0 Å². The van der Waals surface area contributed by atoms with E-state index in [1.54, 1.807) is 11.3 Å². The van der Waals surface area contributed by atoms with Gasteiger partial charge in [-0.05, 0) is 24.1 Å². The first-order valence-electron chi connectivity index (χ1n) is 6.56. The summed E-state index contributed by atoms with van der Waals surface area (Å²) in [5, 5.41) is 3.13. The first-order chi connectivity index (χ1) is 9.74. The fraction of sp³-hybridized carbons (Fsp3) is 0.267. The highest BCUT2D eigenvalue weighted by Gasteiger charge is 1.98. The summed E-state index contributed by atoms with van der Waals surface area (Å²) in [5.41, 5.74) is 7.12. The van der Waals surface area contributed by atoms with E-state index < -0.39 is 0 Å². The van der Waals surface area contributed by atoms with E-state index in [0.29, 0.717) is 12.5 Å². The molecule has 0 unspecified atom stereocenters. The van der Waals surface area contributed by atoms with Crippen molar-refractivity contribution in [1.29, 1.82) is 0 Å². The molecule has 20 heavy (non-hydrogen) atoms. The average Bonchev–Trinajstić information content (AvgIpc) is 2.86. The Hall–Kier alpha value is -1.52. The van der Waals surface area contributed by atoms with Gasteiger partial charge < -0.3 is 11.1 Å². The van der Waals surface area contributed by atoms with E-state index in [2.05, 4.69) is 22.4 Å². The molecule has 0 fully saturated rings. The lowest BCUT2D eigenvalue weighted by Crippen LogP contribution is -2.33. The number of benzene rings is 1. The topological polar surface area (TPSA) is 50.4 Å². The van der Waals surface area contributed by atoms with Crippen molar-refractivity contribution in [3.63, 3.8) is 0 Å². The van der Waals surface area contributed by atoms with Crippen molar-refractivity contribution in [3.05, 3.63) is 57.2 Å². The highest BCUT2D eigenvalue weighted by molar-refractivity contribution is 7.16. The Kier molecular flexibility index (Phi) is 5.89. The Labute approximate surface area is 128 Å². The van der Waals surface area contributed by atoms with E-state index in [1.165, 1.54) is 10.4 Å². The van der Waals surface area contributed by atoms with Gasteiger partial charge in [0, 0.05) is 24.4 Å². The average molecular weight is 308 g/mol. The molecular weight excluding hydrogens is 290 g/mol. The van der Waals surface area contributed by atoms with Crippen molar-refractivity contribution in [3.8, 4) is 0 Å². The van der Waals surface area contributed by atoms with Crippen LogP contribution in [0.2, 0.25) is 4.34 Å². The zero-order chi connectivity index (χ0) is 14.2. The lowest BCUT2D eigenvalue weighted by atomic mass is 10.1. The number of nitrogens with zero attached hydrogens (tertiary/aromatic N) is 1. The normalized spacial score (nSPS) is 11.6. The van der Waals surface area contributed by atoms with Crippen LogP contribution in [0, 0.1) is 0 Å². The second kappa shape index (κ2) is 7.92. The number of nitrogens with two attached hydrogens (primary N) is 1. The number of thiophene rings is 1. The maximum Gasteiger partial charge on any atom is 0.188 e. The van der Waals surface area contributed by atoms with E-state index in [4.69, 9.17) is 17.3 Å². The van der Waals surface area contributed by atoms with Gasteiger partial charge >= 0.3 is 0 Å². The van der Waals surface area contributed by atoms with Crippen LogP contribution in [-0.2, 0) is 12.8 Å². The van der Waals surface area contributed by atoms with E-state index in [1.807, 2.05) is 30.3 Å². The molecule has 2 aromatic rings. The van der Waals surface area contributed by atoms with Crippen LogP contribution in [0.15, 0.2) is 47.5 Å². The van der Waals surface area contributed by atoms with E-state index >= 15 is 0 Å². The van der Waals surface area contributed by atoms with Crippen LogP contribution in [0.3, 0.4) is 0 Å². The molecule has 0 aliphatic heterocycles. The summed E-state index contributed by atoms with van der Waals surface area (Å²) >= 11 is 7.46. The highest BCUT2D eigenvalue weighted by atomic mass is 35.5. The minimum absolute atomic E-state index is 0.503. The zero-order valence-electron chi connectivity index (χ0n) is 11.2. The number of guanidine groups is 1. The molecule has 0 bridgehead atoms. The van der Waals surface area contributed by atoms with Crippen molar-refractivity contribution < 1.29 is 0 Å². The van der Waals surface area contributed by atoms with Gasteiger partial charge in [0.15, 0.2) is 5.96 Å². The van der Waals surface area contributed by atoms with Gasteiger partial charge in [0.2, 0.25) is 0 Å². The van der Waals surface area contributed by atoms with Gasteiger partial charge in [-0.3, -0.25) is 4.99 Å². The van der Waals surface area contributed by atoms with Gasteiger partial charge in [0.25, 0.3) is 0 Å². The molecule has 0 saturated heterocycles. The predicted octanol–water partition coefficient (Wildman–Crippen LogP) is 3.09. The third kappa shape index (κ3) is 5.23. The summed E-state index contributed by atoms with van der Waals surface area (Å²) in [6.45, 7) is 1.48. The van der Waals surface area contributed by atoms with Crippen LogP contribution in [0.5, 0.6) is 0 Å². The second-order valence-electron chi connectivity index (χ2n) is 4.39. The summed E-state index contributed by atoms with van der Waals surface area (Å²) < 4.78 is 0.818. The molecule has 0 aliphatic rings. The fourth-order valence-corrected chi connectivity index (χ4v) is 2.88. The quantitative estimate of drug-likeness (QED) is 0.636. The number of nitrogens with one attached hydrogen (secondary N) is 1. The molecule has 0 amide bonds. The van der Waals surface area contributed by atoms with Crippen molar-refractivity contribution in [2.75, 3.05) is 13.1 Å². The molecule has 0 aliphatic carbocycles. The maximum atomic E-state index is 5.87. The highest BCUT2D eigenvalue weighted by Crippen LogP contribution is 2.21. The number of rotatable bonds is 6. The first kappa shape index (κ1) is 14.9. The SMILES string of the molecule is NC(=NCCc1ccc(Cl)s1)NCCc1ccccc1. The van der Waals surface area contributed by atoms with Crippen LogP contribution >= 0.6 is 22.9 Å². The Morgan fingerprint density at radius 2 is 1.95 bits per heavy atom.